The molecule has 1 atom stereocenters. The molecule has 0 unspecified atom stereocenters. The van der Waals surface area contributed by atoms with Crippen molar-refractivity contribution >= 4 is 5.91 Å². The normalized spacial score (nSPS) is 21.1. The van der Waals surface area contributed by atoms with Crippen molar-refractivity contribution in [3.63, 3.8) is 0 Å². The highest BCUT2D eigenvalue weighted by molar-refractivity contribution is 5.93. The zero-order chi connectivity index (χ0) is 17.6. The maximum atomic E-state index is 13.3. The van der Waals surface area contributed by atoms with E-state index in [4.69, 9.17) is 5.10 Å². The van der Waals surface area contributed by atoms with Crippen molar-refractivity contribution in [2.24, 2.45) is 0 Å². The van der Waals surface area contributed by atoms with E-state index in [2.05, 4.69) is 25.9 Å². The standard InChI is InChI=1S/C19H27N5O/c1-19(2,3)24-17(12-16(21-24)14-7-8-14)18(25)23-11-4-6-15(23)13-22-10-5-9-20-22/h5,9-10,12,14-15H,4,6-8,11,13H2,1-3H3/t15-/m1/s1. The molecule has 6 heteroatoms. The Labute approximate surface area is 148 Å². The minimum Gasteiger partial charge on any atom is -0.332 e. The Morgan fingerprint density at radius 3 is 2.72 bits per heavy atom. The van der Waals surface area contributed by atoms with Gasteiger partial charge in [-0.1, -0.05) is 0 Å². The van der Waals surface area contributed by atoms with Crippen LogP contribution in [0, 0.1) is 0 Å². The third-order valence-corrected chi connectivity index (χ3v) is 5.17. The molecule has 1 amide bonds. The Morgan fingerprint density at radius 2 is 2.08 bits per heavy atom. The van der Waals surface area contributed by atoms with Crippen molar-refractivity contribution in [1.82, 2.24) is 24.5 Å². The Bertz CT molecular complexity index is 751. The van der Waals surface area contributed by atoms with Crippen LogP contribution < -0.4 is 0 Å². The molecule has 0 spiro atoms. The predicted molar refractivity (Wildman–Crippen MR) is 95.5 cm³/mol. The Kier molecular flexibility index (Phi) is 3.93. The molecule has 25 heavy (non-hydrogen) atoms. The van der Waals surface area contributed by atoms with E-state index in [-0.39, 0.29) is 17.5 Å². The molecule has 2 aliphatic rings. The van der Waals surface area contributed by atoms with E-state index in [1.54, 1.807) is 6.20 Å². The van der Waals surface area contributed by atoms with Gasteiger partial charge in [0.25, 0.3) is 5.91 Å². The molecule has 2 aromatic heterocycles. The second-order valence-corrected chi connectivity index (χ2v) is 8.33. The molecular weight excluding hydrogens is 314 g/mol. The van der Waals surface area contributed by atoms with Gasteiger partial charge in [0.15, 0.2) is 0 Å². The molecule has 134 valence electrons. The average Bonchev–Trinajstić information content (AvgIpc) is 3.00. The number of carbonyl (C=O) groups excluding carboxylic acids is 1. The summed E-state index contributed by atoms with van der Waals surface area (Å²) < 4.78 is 3.86. The van der Waals surface area contributed by atoms with Crippen molar-refractivity contribution in [1.29, 1.82) is 0 Å². The minimum absolute atomic E-state index is 0.115. The van der Waals surface area contributed by atoms with Crippen molar-refractivity contribution in [3.8, 4) is 0 Å². The summed E-state index contributed by atoms with van der Waals surface area (Å²) >= 11 is 0. The van der Waals surface area contributed by atoms with Crippen molar-refractivity contribution in [2.75, 3.05) is 6.54 Å². The van der Waals surface area contributed by atoms with Crippen LogP contribution in [0.5, 0.6) is 0 Å². The van der Waals surface area contributed by atoms with E-state index in [1.165, 1.54) is 12.8 Å². The van der Waals surface area contributed by atoms with Gasteiger partial charge in [0.1, 0.15) is 5.69 Å². The van der Waals surface area contributed by atoms with Gasteiger partial charge in [-0.05, 0) is 58.6 Å². The predicted octanol–water partition coefficient (Wildman–Crippen LogP) is 3.02. The zero-order valence-corrected chi connectivity index (χ0v) is 15.4. The van der Waals surface area contributed by atoms with Crippen LogP contribution in [0.15, 0.2) is 24.5 Å². The van der Waals surface area contributed by atoms with E-state index in [1.807, 2.05) is 32.6 Å². The number of hydrogen-bond acceptors (Lipinski definition) is 3. The molecule has 3 heterocycles. The summed E-state index contributed by atoms with van der Waals surface area (Å²) in [4.78, 5) is 15.4. The molecule has 6 nitrogen and oxygen atoms in total. The van der Waals surface area contributed by atoms with Gasteiger partial charge in [-0.25, -0.2) is 0 Å². The monoisotopic (exact) mass is 341 g/mol. The Hall–Kier alpha value is -2.11. The SMILES string of the molecule is CC(C)(C)n1nc(C2CC2)cc1C(=O)N1CCC[C@@H]1Cn1cccn1. The zero-order valence-electron chi connectivity index (χ0n) is 15.4. The van der Waals surface area contributed by atoms with Gasteiger partial charge in [-0.2, -0.15) is 10.2 Å². The van der Waals surface area contributed by atoms with E-state index in [0.29, 0.717) is 5.92 Å². The van der Waals surface area contributed by atoms with Gasteiger partial charge in [-0.15, -0.1) is 0 Å². The second-order valence-electron chi connectivity index (χ2n) is 8.33. The molecule has 0 bridgehead atoms. The van der Waals surface area contributed by atoms with Crippen molar-refractivity contribution < 1.29 is 4.79 Å². The van der Waals surface area contributed by atoms with E-state index >= 15 is 0 Å². The number of rotatable bonds is 4. The van der Waals surface area contributed by atoms with Crippen LogP contribution in [0.4, 0.5) is 0 Å². The summed E-state index contributed by atoms with van der Waals surface area (Å²) in [6, 6.07) is 4.17. The van der Waals surface area contributed by atoms with Crippen molar-refractivity contribution in [2.45, 2.75) is 70.5 Å². The number of carbonyl (C=O) groups is 1. The summed E-state index contributed by atoms with van der Waals surface area (Å²) in [5.41, 5.74) is 1.62. The summed E-state index contributed by atoms with van der Waals surface area (Å²) in [6.07, 6.45) is 8.23. The summed E-state index contributed by atoms with van der Waals surface area (Å²) in [5.74, 6) is 0.664. The van der Waals surface area contributed by atoms with E-state index in [0.717, 1.165) is 37.3 Å². The van der Waals surface area contributed by atoms with E-state index < -0.39 is 0 Å². The van der Waals surface area contributed by atoms with Crippen LogP contribution in [-0.2, 0) is 12.1 Å². The van der Waals surface area contributed by atoms with Gasteiger partial charge in [0.05, 0.1) is 23.8 Å². The molecule has 0 aromatic carbocycles. The maximum Gasteiger partial charge on any atom is 0.272 e. The third-order valence-electron chi connectivity index (χ3n) is 5.17. The number of nitrogens with zero attached hydrogens (tertiary/aromatic N) is 5. The lowest BCUT2D eigenvalue weighted by molar-refractivity contribution is 0.0701. The second kappa shape index (κ2) is 6.00. The molecule has 2 aromatic rings. The highest BCUT2D eigenvalue weighted by atomic mass is 16.2. The highest BCUT2D eigenvalue weighted by Crippen LogP contribution is 2.40. The highest BCUT2D eigenvalue weighted by Gasteiger charge is 2.36. The minimum atomic E-state index is -0.199. The lowest BCUT2D eigenvalue weighted by atomic mass is 10.1. The molecule has 1 saturated heterocycles. The quantitative estimate of drug-likeness (QED) is 0.859. The first kappa shape index (κ1) is 16.4. The molecule has 1 aliphatic carbocycles. The fraction of sp³-hybridized carbons (Fsp3) is 0.632. The van der Waals surface area contributed by atoms with Crippen LogP contribution in [0.3, 0.4) is 0 Å². The molecule has 0 N–H and O–H groups in total. The fourth-order valence-electron chi connectivity index (χ4n) is 3.71. The van der Waals surface area contributed by atoms with Crippen molar-refractivity contribution in [3.05, 3.63) is 35.9 Å². The molecular formula is C19H27N5O. The summed E-state index contributed by atoms with van der Waals surface area (Å²) in [6.45, 7) is 7.91. The van der Waals surface area contributed by atoms with Gasteiger partial charge >= 0.3 is 0 Å². The first-order chi connectivity index (χ1) is 11.9. The number of amides is 1. The van der Waals surface area contributed by atoms with Crippen LogP contribution in [-0.4, -0.2) is 43.0 Å². The first-order valence-electron chi connectivity index (χ1n) is 9.32. The summed E-state index contributed by atoms with van der Waals surface area (Å²) in [7, 11) is 0. The lowest BCUT2D eigenvalue weighted by Crippen LogP contribution is -2.40. The Morgan fingerprint density at radius 1 is 1.28 bits per heavy atom. The fourth-order valence-corrected chi connectivity index (χ4v) is 3.71. The largest absolute Gasteiger partial charge is 0.332 e. The van der Waals surface area contributed by atoms with Crippen LogP contribution in [0.25, 0.3) is 0 Å². The van der Waals surface area contributed by atoms with E-state index in [9.17, 15) is 4.79 Å². The van der Waals surface area contributed by atoms with Gasteiger partial charge in [0, 0.05) is 24.9 Å². The molecule has 4 rings (SSSR count). The van der Waals surface area contributed by atoms with Gasteiger partial charge < -0.3 is 4.90 Å². The molecule has 0 radical (unpaired) electrons. The molecule has 2 fully saturated rings. The lowest BCUT2D eigenvalue weighted by Gasteiger charge is -2.27. The summed E-state index contributed by atoms with van der Waals surface area (Å²) in [5, 5.41) is 9.09. The van der Waals surface area contributed by atoms with Crippen LogP contribution >= 0.6 is 0 Å². The van der Waals surface area contributed by atoms with Crippen LogP contribution in [0.1, 0.15) is 68.6 Å². The molecule has 1 saturated carbocycles. The number of hydrogen-bond donors (Lipinski definition) is 0. The van der Waals surface area contributed by atoms with Crippen LogP contribution in [0.2, 0.25) is 0 Å². The number of likely N-dealkylation sites (tertiary alicyclic amines) is 1. The number of aromatic nitrogens is 4. The topological polar surface area (TPSA) is 56.0 Å². The van der Waals surface area contributed by atoms with Gasteiger partial charge in [0.2, 0.25) is 0 Å². The van der Waals surface area contributed by atoms with Gasteiger partial charge in [-0.3, -0.25) is 14.2 Å². The third kappa shape index (κ3) is 3.22. The first-order valence-corrected chi connectivity index (χ1v) is 9.32. The average molecular weight is 341 g/mol. The smallest absolute Gasteiger partial charge is 0.272 e. The maximum absolute atomic E-state index is 13.3. The Balaban J connectivity index is 1.61. The molecule has 1 aliphatic heterocycles.